The van der Waals surface area contributed by atoms with Gasteiger partial charge in [0.2, 0.25) is 0 Å². The Kier molecular flexibility index (Phi) is 3.32. The fraction of sp³-hybridized carbons (Fsp3) is 0.182. The summed E-state index contributed by atoms with van der Waals surface area (Å²) in [5.41, 5.74) is 7.95. The van der Waals surface area contributed by atoms with Crippen molar-refractivity contribution in [2.75, 3.05) is 13.6 Å². The zero-order valence-corrected chi connectivity index (χ0v) is 15.4. The minimum Gasteiger partial charge on any atom is -0.355 e. The largest absolute Gasteiger partial charge is 0.355 e. The molecule has 0 amide bonds. The Balaban J connectivity index is 1.65. The number of fused-ring (bicyclic) bond motifs is 11. The van der Waals surface area contributed by atoms with Crippen LogP contribution in [0.3, 0.4) is 0 Å². The molecule has 0 saturated carbocycles. The second kappa shape index (κ2) is 5.89. The molecule has 0 radical (unpaired) electrons. The van der Waals surface area contributed by atoms with Gasteiger partial charge in [-0.3, -0.25) is 9.82 Å². The van der Waals surface area contributed by atoms with E-state index in [0.29, 0.717) is 0 Å². The van der Waals surface area contributed by atoms with Crippen LogP contribution in [0.4, 0.5) is 0 Å². The van der Waals surface area contributed by atoms with Gasteiger partial charge in [-0.05, 0) is 60.7 Å². The van der Waals surface area contributed by atoms with E-state index in [-0.39, 0.29) is 12.0 Å². The summed E-state index contributed by atoms with van der Waals surface area (Å²) in [6.45, 7) is 0.834. The summed E-state index contributed by atoms with van der Waals surface area (Å²) in [5.74, 6) is 0.238. The maximum absolute atomic E-state index is 6.03. The molecule has 0 aromatic carbocycles. The molecule has 8 bridgehead atoms. The van der Waals surface area contributed by atoms with Gasteiger partial charge in [-0.1, -0.05) is 0 Å². The van der Waals surface area contributed by atoms with Crippen molar-refractivity contribution in [2.45, 2.75) is 12.0 Å². The van der Waals surface area contributed by atoms with Crippen molar-refractivity contribution in [3.63, 3.8) is 0 Å². The quantitative estimate of drug-likeness (QED) is 0.488. The molecule has 6 heteroatoms. The van der Waals surface area contributed by atoms with Crippen molar-refractivity contribution >= 4 is 34.2 Å². The molecule has 3 aliphatic rings. The molecule has 2 unspecified atom stereocenters. The number of hydrogen-bond donors (Lipinski definition) is 2. The Morgan fingerprint density at radius 3 is 2.04 bits per heavy atom. The lowest BCUT2D eigenvalue weighted by atomic mass is 10.0. The number of aromatic amines is 2. The lowest BCUT2D eigenvalue weighted by Gasteiger charge is -2.08. The molecule has 3 aromatic heterocycles. The molecule has 0 aliphatic carbocycles. The highest BCUT2D eigenvalue weighted by Crippen LogP contribution is 2.42. The fourth-order valence-corrected chi connectivity index (χ4v) is 4.13. The fourth-order valence-electron chi connectivity index (χ4n) is 4.13. The smallest absolute Gasteiger partial charge is 0.131 e. The second-order valence-electron chi connectivity index (χ2n) is 7.51. The van der Waals surface area contributed by atoms with Crippen LogP contribution in [-0.2, 0) is 4.84 Å². The van der Waals surface area contributed by atoms with Gasteiger partial charge >= 0.3 is 0 Å². The predicted molar refractivity (Wildman–Crippen MR) is 109 cm³/mol. The summed E-state index contributed by atoms with van der Waals surface area (Å²) in [4.78, 5) is 22.5. The van der Waals surface area contributed by atoms with Gasteiger partial charge in [0.05, 0.1) is 28.7 Å². The van der Waals surface area contributed by atoms with Crippen molar-refractivity contribution in [3.8, 4) is 0 Å². The minimum atomic E-state index is -0.0393. The molecule has 1 fully saturated rings. The molecular weight excluding hydrogens is 350 g/mol. The van der Waals surface area contributed by atoms with E-state index in [1.54, 1.807) is 0 Å². The van der Waals surface area contributed by atoms with Gasteiger partial charge in [-0.25, -0.2) is 4.98 Å². The molecule has 1 saturated heterocycles. The molecule has 2 N–H and O–H groups in total. The van der Waals surface area contributed by atoms with Crippen LogP contribution in [-0.4, -0.2) is 38.6 Å². The van der Waals surface area contributed by atoms with Gasteiger partial charge in [0, 0.05) is 35.7 Å². The van der Waals surface area contributed by atoms with Gasteiger partial charge in [-0.15, -0.1) is 0 Å². The maximum Gasteiger partial charge on any atom is 0.131 e. The normalized spacial score (nSPS) is 21.2. The third-order valence-corrected chi connectivity index (χ3v) is 5.40. The van der Waals surface area contributed by atoms with E-state index in [1.807, 2.05) is 30.3 Å². The van der Waals surface area contributed by atoms with Crippen LogP contribution in [0.15, 0.2) is 48.5 Å². The van der Waals surface area contributed by atoms with Crippen LogP contribution in [0.1, 0.15) is 34.8 Å². The molecule has 6 nitrogen and oxygen atoms in total. The lowest BCUT2D eigenvalue weighted by Crippen LogP contribution is -2.12. The van der Waals surface area contributed by atoms with E-state index in [0.717, 1.165) is 51.4 Å². The topological polar surface area (TPSA) is 69.8 Å². The summed E-state index contributed by atoms with van der Waals surface area (Å²) < 4.78 is 0. The number of nitrogens with zero attached hydrogens (tertiary/aromatic N) is 3. The van der Waals surface area contributed by atoms with E-state index < -0.39 is 0 Å². The minimum absolute atomic E-state index is 0.0393. The summed E-state index contributed by atoms with van der Waals surface area (Å²) >= 11 is 0. The van der Waals surface area contributed by atoms with E-state index in [4.69, 9.17) is 9.82 Å². The SMILES string of the molecule is CN1CC2c3cc4ccc(cc5nc(cc6ccc(cc(n3)C2O1)[nH]6)C=C5)[nH]4. The number of rotatable bonds is 0. The van der Waals surface area contributed by atoms with Crippen LogP contribution in [0.2, 0.25) is 0 Å². The summed E-state index contributed by atoms with van der Waals surface area (Å²) in [6.07, 6.45) is 4.02. The molecule has 3 aromatic rings. The summed E-state index contributed by atoms with van der Waals surface area (Å²) in [5, 5.41) is 1.91. The van der Waals surface area contributed by atoms with Crippen LogP contribution in [0.5, 0.6) is 0 Å². The van der Waals surface area contributed by atoms with E-state index in [9.17, 15) is 0 Å². The zero-order chi connectivity index (χ0) is 18.7. The van der Waals surface area contributed by atoms with E-state index in [2.05, 4.69) is 57.4 Å². The Morgan fingerprint density at radius 1 is 0.821 bits per heavy atom. The number of likely N-dealkylation sites (N-methyl/N-ethyl adjacent to an activating group) is 1. The van der Waals surface area contributed by atoms with Gasteiger partial charge < -0.3 is 9.97 Å². The predicted octanol–water partition coefficient (Wildman–Crippen LogP) is 4.19. The van der Waals surface area contributed by atoms with Crippen molar-refractivity contribution in [1.29, 1.82) is 0 Å². The van der Waals surface area contributed by atoms with Crippen LogP contribution >= 0.6 is 0 Å². The average Bonchev–Trinajstić information content (AvgIpc) is 3.44. The molecule has 138 valence electrons. The van der Waals surface area contributed by atoms with Gasteiger partial charge in [-0.2, -0.15) is 5.06 Å². The summed E-state index contributed by atoms with van der Waals surface area (Å²) in [7, 11) is 1.98. The maximum atomic E-state index is 6.03. The van der Waals surface area contributed by atoms with Crippen LogP contribution < -0.4 is 0 Å². The van der Waals surface area contributed by atoms with E-state index >= 15 is 0 Å². The van der Waals surface area contributed by atoms with Gasteiger partial charge in [0.15, 0.2) is 0 Å². The van der Waals surface area contributed by atoms with Crippen LogP contribution in [0, 0.1) is 0 Å². The molecule has 6 rings (SSSR count). The Labute approximate surface area is 161 Å². The molecule has 0 spiro atoms. The van der Waals surface area contributed by atoms with Crippen molar-refractivity contribution in [3.05, 3.63) is 71.3 Å². The number of H-pyrrole nitrogens is 2. The number of aromatic nitrogens is 4. The monoisotopic (exact) mass is 369 g/mol. The van der Waals surface area contributed by atoms with Gasteiger partial charge in [0.1, 0.15) is 6.10 Å². The molecule has 6 heterocycles. The highest BCUT2D eigenvalue weighted by molar-refractivity contribution is 5.74. The number of hydrogen-bond acceptors (Lipinski definition) is 4. The van der Waals surface area contributed by atoms with E-state index in [1.165, 1.54) is 0 Å². The zero-order valence-electron chi connectivity index (χ0n) is 15.4. The Morgan fingerprint density at radius 2 is 1.39 bits per heavy atom. The second-order valence-corrected chi connectivity index (χ2v) is 7.51. The van der Waals surface area contributed by atoms with Crippen molar-refractivity contribution in [1.82, 2.24) is 25.0 Å². The third kappa shape index (κ3) is 2.66. The standard InChI is InChI=1S/C22H19N5O/c1-27-12-19-20-10-17-6-4-15(24-17)8-13-2-3-14(23-13)9-16-5-7-18(25-16)11-21(26-20)22(19)28-27/h2-11,19,22,24-25H,12H2,1H3. The Bertz CT molecular complexity index is 1180. The van der Waals surface area contributed by atoms with Crippen molar-refractivity contribution < 1.29 is 4.84 Å². The highest BCUT2D eigenvalue weighted by Gasteiger charge is 2.40. The van der Waals surface area contributed by atoms with Crippen LogP contribution in [0.25, 0.3) is 34.2 Å². The first-order chi connectivity index (χ1) is 13.7. The molecule has 2 atom stereocenters. The number of hydroxylamine groups is 2. The first kappa shape index (κ1) is 15.8. The summed E-state index contributed by atoms with van der Waals surface area (Å²) in [6, 6.07) is 16.6. The first-order valence-corrected chi connectivity index (χ1v) is 9.44. The first-order valence-electron chi connectivity index (χ1n) is 9.44. The lowest BCUT2D eigenvalue weighted by molar-refractivity contribution is -0.129. The van der Waals surface area contributed by atoms with Gasteiger partial charge in [0.25, 0.3) is 0 Å². The molecule has 3 aliphatic heterocycles. The third-order valence-electron chi connectivity index (χ3n) is 5.40. The molecule has 28 heavy (non-hydrogen) atoms. The number of nitrogens with one attached hydrogen (secondary N) is 2. The molecular formula is C22H19N5O. The average molecular weight is 369 g/mol. The highest BCUT2D eigenvalue weighted by atomic mass is 16.7. The van der Waals surface area contributed by atoms with Crippen molar-refractivity contribution in [2.24, 2.45) is 0 Å². The Hall–Kier alpha value is -3.22.